The van der Waals surface area contributed by atoms with E-state index in [4.69, 9.17) is 40.8 Å². The highest BCUT2D eigenvalue weighted by atomic mass is 35.5. The third kappa shape index (κ3) is 9.53. The molecule has 0 amide bonds. The Kier molecular flexibility index (Phi) is 12.4. The van der Waals surface area contributed by atoms with Crippen molar-refractivity contribution in [1.29, 1.82) is 0 Å². The third-order valence-corrected chi connectivity index (χ3v) is 12.1. The summed E-state index contributed by atoms with van der Waals surface area (Å²) in [5, 5.41) is 0.732. The molecule has 2 aromatic heterocycles. The standard InChI is InChI=1S/C46H55ClF3N7O3/c1-44(2,3)57-24-22-55(23-25-57)42-35-26-37(47)34(27-38(35)51-43(53-42)60-45(4,5)39-10-9-21-54(39)6)41-36(46(48,49)50)19-20-40(52-41)56(28-30-11-15-32(58-7)16-12-30)29-31-13-17-33(59-8)18-14-31/h11-20,26-27,39H,9-10,21-25,28-29H2,1-8H3/t39-/m0/s1. The number of rotatable bonds is 12. The van der Waals surface area contributed by atoms with E-state index in [1.807, 2.05) is 67.3 Å². The van der Waals surface area contributed by atoms with Crippen LogP contribution in [0.25, 0.3) is 22.2 Å². The zero-order valence-corrected chi connectivity index (χ0v) is 36.5. The fraction of sp³-hybridized carbons (Fsp3) is 0.457. The van der Waals surface area contributed by atoms with Crippen molar-refractivity contribution in [1.82, 2.24) is 24.8 Å². The summed E-state index contributed by atoms with van der Waals surface area (Å²) in [6, 6.07) is 21.2. The summed E-state index contributed by atoms with van der Waals surface area (Å²) < 4.78 is 62.5. The Labute approximate surface area is 356 Å². The number of pyridine rings is 1. The smallest absolute Gasteiger partial charge is 0.418 e. The number of aromatic nitrogens is 3. The minimum atomic E-state index is -4.73. The lowest BCUT2D eigenvalue weighted by molar-refractivity contribution is -0.137. The molecule has 1 atom stereocenters. The first-order valence-corrected chi connectivity index (χ1v) is 20.8. The zero-order chi connectivity index (χ0) is 43.0. The largest absolute Gasteiger partial charge is 0.497 e. The van der Waals surface area contributed by atoms with Gasteiger partial charge in [-0.15, -0.1) is 0 Å². The highest BCUT2D eigenvalue weighted by molar-refractivity contribution is 6.34. The maximum absolute atomic E-state index is 15.0. The number of piperazine rings is 1. The molecule has 10 nitrogen and oxygen atoms in total. The number of likely N-dealkylation sites (tertiary alicyclic amines) is 1. The van der Waals surface area contributed by atoms with Gasteiger partial charge in [-0.3, -0.25) is 9.80 Å². The lowest BCUT2D eigenvalue weighted by atomic mass is 9.96. The molecule has 2 fully saturated rings. The molecular weight excluding hydrogens is 791 g/mol. The van der Waals surface area contributed by atoms with Gasteiger partial charge in [0.2, 0.25) is 0 Å². The fourth-order valence-corrected chi connectivity index (χ4v) is 8.69. The Morgan fingerprint density at radius 2 is 1.37 bits per heavy atom. The highest BCUT2D eigenvalue weighted by Crippen LogP contribution is 2.43. The Bertz CT molecular complexity index is 2230. The van der Waals surface area contributed by atoms with Crippen molar-refractivity contribution in [2.75, 3.05) is 63.8 Å². The molecule has 3 aromatic carbocycles. The molecule has 4 heterocycles. The lowest BCUT2D eigenvalue weighted by Crippen LogP contribution is -2.53. The van der Waals surface area contributed by atoms with E-state index in [9.17, 15) is 0 Å². The molecule has 0 radical (unpaired) electrons. The topological polar surface area (TPSA) is 79.3 Å². The predicted molar refractivity (Wildman–Crippen MR) is 233 cm³/mol. The molecule has 7 rings (SSSR count). The molecule has 0 N–H and O–H groups in total. The van der Waals surface area contributed by atoms with Gasteiger partial charge in [-0.25, -0.2) is 4.98 Å². The van der Waals surface area contributed by atoms with Crippen molar-refractivity contribution >= 4 is 34.1 Å². The van der Waals surface area contributed by atoms with Crippen LogP contribution >= 0.6 is 11.6 Å². The average Bonchev–Trinajstić information content (AvgIpc) is 3.66. The van der Waals surface area contributed by atoms with Crippen molar-refractivity contribution in [3.63, 3.8) is 0 Å². The number of likely N-dealkylation sites (N-methyl/N-ethyl adjacent to an activating group) is 1. The quantitative estimate of drug-likeness (QED) is 0.121. The molecule has 2 aliphatic rings. The number of anilines is 2. The van der Waals surface area contributed by atoms with Gasteiger partial charge in [0.05, 0.1) is 36.0 Å². The van der Waals surface area contributed by atoms with Gasteiger partial charge in [-0.05, 0) is 121 Å². The van der Waals surface area contributed by atoms with Crippen LogP contribution in [0.4, 0.5) is 24.8 Å². The van der Waals surface area contributed by atoms with Crippen molar-refractivity contribution in [2.45, 2.75) is 83.9 Å². The first kappa shape index (κ1) is 43.2. The molecule has 0 spiro atoms. The van der Waals surface area contributed by atoms with Gasteiger partial charge in [0.15, 0.2) is 0 Å². The van der Waals surface area contributed by atoms with Crippen molar-refractivity contribution in [3.8, 4) is 28.8 Å². The monoisotopic (exact) mass is 845 g/mol. The summed E-state index contributed by atoms with van der Waals surface area (Å²) in [5.41, 5.74) is 0.512. The Hall–Kier alpha value is -4.85. The van der Waals surface area contributed by atoms with Gasteiger partial charge in [0.1, 0.15) is 28.7 Å². The molecule has 14 heteroatoms. The molecular formula is C46H55ClF3N7O3. The van der Waals surface area contributed by atoms with E-state index in [-0.39, 0.29) is 33.9 Å². The van der Waals surface area contributed by atoms with Crippen LogP contribution in [-0.4, -0.2) is 95.9 Å². The molecule has 0 bridgehead atoms. The number of hydrogen-bond acceptors (Lipinski definition) is 10. The van der Waals surface area contributed by atoms with E-state index in [1.165, 1.54) is 6.07 Å². The molecule has 60 heavy (non-hydrogen) atoms. The number of benzene rings is 3. The molecule has 0 saturated carbocycles. The second-order valence-corrected chi connectivity index (χ2v) is 17.7. The van der Waals surface area contributed by atoms with Crippen LogP contribution in [0.2, 0.25) is 5.02 Å². The second-order valence-electron chi connectivity index (χ2n) is 17.3. The van der Waals surface area contributed by atoms with E-state index in [2.05, 4.69) is 42.5 Å². The molecule has 2 aliphatic heterocycles. The molecule has 5 aromatic rings. The van der Waals surface area contributed by atoms with E-state index in [1.54, 1.807) is 26.4 Å². The average molecular weight is 846 g/mol. The first-order valence-electron chi connectivity index (χ1n) is 20.4. The number of fused-ring (bicyclic) bond motifs is 1. The van der Waals surface area contributed by atoms with E-state index in [0.29, 0.717) is 60.2 Å². The van der Waals surface area contributed by atoms with Gasteiger partial charge in [0, 0.05) is 61.8 Å². The van der Waals surface area contributed by atoms with Gasteiger partial charge < -0.3 is 24.0 Å². The Morgan fingerprint density at radius 3 is 1.88 bits per heavy atom. The summed E-state index contributed by atoms with van der Waals surface area (Å²) in [4.78, 5) is 23.6. The predicted octanol–water partition coefficient (Wildman–Crippen LogP) is 9.76. The third-order valence-electron chi connectivity index (χ3n) is 11.8. The van der Waals surface area contributed by atoms with Crippen LogP contribution in [0.5, 0.6) is 17.5 Å². The number of alkyl halides is 3. The van der Waals surface area contributed by atoms with Crippen LogP contribution in [0, 0.1) is 0 Å². The maximum atomic E-state index is 15.0. The number of methoxy groups -OCH3 is 2. The van der Waals surface area contributed by atoms with E-state index >= 15 is 13.2 Å². The first-order chi connectivity index (χ1) is 28.4. The van der Waals surface area contributed by atoms with Crippen LogP contribution in [0.15, 0.2) is 72.8 Å². The molecule has 320 valence electrons. The van der Waals surface area contributed by atoms with Crippen LogP contribution in [0.3, 0.4) is 0 Å². The lowest BCUT2D eigenvalue weighted by Gasteiger charge is -2.43. The van der Waals surface area contributed by atoms with Crippen LogP contribution in [-0.2, 0) is 19.3 Å². The minimum absolute atomic E-state index is 0.000233. The van der Waals surface area contributed by atoms with Gasteiger partial charge in [-0.2, -0.15) is 23.1 Å². The maximum Gasteiger partial charge on any atom is 0.418 e. The highest BCUT2D eigenvalue weighted by Gasteiger charge is 2.39. The second kappa shape index (κ2) is 17.3. The van der Waals surface area contributed by atoms with Crippen LogP contribution < -0.4 is 24.0 Å². The van der Waals surface area contributed by atoms with Crippen molar-refractivity contribution in [3.05, 3.63) is 94.5 Å². The Morgan fingerprint density at radius 1 is 0.767 bits per heavy atom. The number of hydrogen-bond donors (Lipinski definition) is 0. The Balaban J connectivity index is 1.34. The molecule has 0 unspecified atom stereocenters. The van der Waals surface area contributed by atoms with Gasteiger partial charge in [-0.1, -0.05) is 35.9 Å². The molecule has 0 aliphatic carbocycles. The summed E-state index contributed by atoms with van der Waals surface area (Å²) >= 11 is 7.09. The van der Waals surface area contributed by atoms with Crippen molar-refractivity contribution < 1.29 is 27.4 Å². The molecule has 2 saturated heterocycles. The zero-order valence-electron chi connectivity index (χ0n) is 35.7. The minimum Gasteiger partial charge on any atom is -0.497 e. The summed E-state index contributed by atoms with van der Waals surface area (Å²) in [5.74, 6) is 2.37. The normalized spacial score (nSPS) is 17.0. The van der Waals surface area contributed by atoms with Gasteiger partial charge >= 0.3 is 12.2 Å². The fourth-order valence-electron chi connectivity index (χ4n) is 8.44. The summed E-state index contributed by atoms with van der Waals surface area (Å²) in [6.07, 6.45) is -2.71. The van der Waals surface area contributed by atoms with E-state index < -0.39 is 17.3 Å². The summed E-state index contributed by atoms with van der Waals surface area (Å²) in [6.45, 7) is 15.4. The SMILES string of the molecule is COc1ccc(CN(Cc2ccc(OC)cc2)c2ccc(C(F)(F)F)c(-c3cc4nc(OC(C)(C)[C@@H]5CCCN5C)nc(N5CCN(C(C)(C)C)CC5)c4cc3Cl)n2)cc1. The number of halogens is 4. The van der Waals surface area contributed by atoms with E-state index in [0.717, 1.165) is 49.7 Å². The van der Waals surface area contributed by atoms with Crippen LogP contribution in [0.1, 0.15) is 64.2 Å². The van der Waals surface area contributed by atoms with Gasteiger partial charge in [0.25, 0.3) is 0 Å². The van der Waals surface area contributed by atoms with Crippen molar-refractivity contribution in [2.24, 2.45) is 0 Å². The number of ether oxygens (including phenoxy) is 3. The summed E-state index contributed by atoms with van der Waals surface area (Å²) in [7, 11) is 5.29. The number of nitrogens with zero attached hydrogens (tertiary/aromatic N) is 7.